The van der Waals surface area contributed by atoms with E-state index in [4.69, 9.17) is 4.74 Å². The van der Waals surface area contributed by atoms with Crippen molar-refractivity contribution < 1.29 is 21.8 Å². The van der Waals surface area contributed by atoms with E-state index in [9.17, 15) is 0 Å². The Kier molecular flexibility index (Phi) is 9.41. The Morgan fingerprint density at radius 1 is 0.750 bits per heavy atom. The van der Waals surface area contributed by atoms with Gasteiger partial charge in [-0.05, 0) is 25.5 Å². The molecule has 0 saturated heterocycles. The van der Waals surface area contributed by atoms with E-state index in [1.54, 1.807) is 7.11 Å². The van der Waals surface area contributed by atoms with Gasteiger partial charge in [0.1, 0.15) is 0 Å². The zero-order valence-electron chi connectivity index (χ0n) is 16.2. The Hall–Kier alpha value is -1.95. The summed E-state index contributed by atoms with van der Waals surface area (Å²) in [5, 5.41) is 4.14. The summed E-state index contributed by atoms with van der Waals surface area (Å²) >= 11 is 0. The van der Waals surface area contributed by atoms with Crippen molar-refractivity contribution in [3.63, 3.8) is 0 Å². The molecule has 4 aromatic carbocycles. The first-order valence-electron chi connectivity index (χ1n) is 9.16. The number of ether oxygens (including phenoxy) is 1. The van der Waals surface area contributed by atoms with Crippen molar-refractivity contribution in [2.75, 3.05) is 7.11 Å². The van der Waals surface area contributed by atoms with E-state index in [0.29, 0.717) is 0 Å². The van der Waals surface area contributed by atoms with E-state index in [0.717, 1.165) is 0 Å². The molecule has 150 valence electrons. The van der Waals surface area contributed by atoms with Crippen LogP contribution in [0.4, 0.5) is 0 Å². The molecule has 0 aliphatic heterocycles. The van der Waals surface area contributed by atoms with E-state index in [2.05, 4.69) is 85.8 Å². The maximum absolute atomic E-state index is 5.57. The van der Waals surface area contributed by atoms with Gasteiger partial charge < -0.3 is 35.1 Å². The van der Waals surface area contributed by atoms with Gasteiger partial charge in [-0.1, -0.05) is 60.7 Å². The van der Waals surface area contributed by atoms with Gasteiger partial charge in [-0.15, -0.1) is 10.9 Å². The summed E-state index contributed by atoms with van der Waals surface area (Å²) in [5.74, 6) is 0. The van der Waals surface area contributed by atoms with E-state index in [-0.39, 0.29) is 23.2 Å². The predicted molar refractivity (Wildman–Crippen MR) is 118 cm³/mol. The zero-order valence-corrected chi connectivity index (χ0v) is 18.2. The number of rotatable bonds is 5. The van der Waals surface area contributed by atoms with Gasteiger partial charge >= 0.3 is 0 Å². The van der Waals surface area contributed by atoms with Crippen LogP contribution in [0.25, 0.3) is 0 Å². The first kappa shape index (κ1) is 22.3. The topological polar surface area (TPSA) is 9.23 Å². The molecule has 1 atom stereocenters. The Morgan fingerprint density at radius 2 is 1.21 bits per heavy atom. The molecule has 0 spiro atoms. The summed E-state index contributed by atoms with van der Waals surface area (Å²) in [7, 11) is 1.22. The van der Waals surface area contributed by atoms with Crippen LogP contribution < -0.4 is 15.9 Å². The van der Waals surface area contributed by atoms with E-state index >= 15 is 0 Å². The fourth-order valence-electron chi connectivity index (χ4n) is 3.00. The molecule has 0 aromatic heterocycles. The van der Waals surface area contributed by atoms with Gasteiger partial charge in [-0.3, -0.25) is 0 Å². The molecule has 1 unspecified atom stereocenters. The van der Waals surface area contributed by atoms with E-state index in [1.165, 1.54) is 21.5 Å². The molecule has 0 radical (unpaired) electrons. The minimum absolute atomic E-state index is 0. The van der Waals surface area contributed by atoms with Gasteiger partial charge in [-0.25, -0.2) is 12.1 Å². The zero-order chi connectivity index (χ0) is 18.9. The molecule has 4 rings (SSSR count). The van der Waals surface area contributed by atoms with Crippen LogP contribution in [0.5, 0.6) is 0 Å². The maximum Gasteiger partial charge on any atom is 0.0359 e. The second-order valence-corrected chi connectivity index (χ2v) is 8.40. The molecular formula is C25H25FeOP-6. The van der Waals surface area contributed by atoms with Gasteiger partial charge in [0, 0.05) is 30.3 Å². The van der Waals surface area contributed by atoms with Gasteiger partial charge in [0.25, 0.3) is 0 Å². The third kappa shape index (κ3) is 5.77. The molecule has 4 aromatic rings. The summed E-state index contributed by atoms with van der Waals surface area (Å²) in [6.45, 7) is 2.11. The molecule has 0 aliphatic rings. The standard InChI is InChI=1S/C20H20OP.C5H5.Fe/c1-16(21-2)19-14-9-15-20(19)22(17-10-5-3-6-11-17)18-12-7-4-8-13-18;1-2-4-5-3-1;/h3-16H,1-2H3;1-5H;/q-1;-5;. The van der Waals surface area contributed by atoms with Gasteiger partial charge in [0.2, 0.25) is 0 Å². The molecule has 0 aliphatic carbocycles. The number of benzene rings is 2. The third-order valence-corrected chi connectivity index (χ3v) is 6.96. The Balaban J connectivity index is 0.000000408. The fourth-order valence-corrected chi connectivity index (χ4v) is 5.55. The number of hydrogen-bond acceptors (Lipinski definition) is 1. The quantitative estimate of drug-likeness (QED) is 0.239. The molecule has 0 amide bonds. The SMILES string of the molecule is COC(C)[c-]1cccc1P(c1ccccc1)c1ccccc1.[Fe].[cH-]1[cH-][cH-][cH-][cH-]1. The smallest absolute Gasteiger partial charge is 0.0359 e. The molecule has 0 bridgehead atoms. The molecule has 1 nitrogen and oxygen atoms in total. The van der Waals surface area contributed by atoms with Crippen molar-refractivity contribution in [2.24, 2.45) is 0 Å². The minimum atomic E-state index is -0.548. The van der Waals surface area contributed by atoms with Crippen molar-refractivity contribution >= 4 is 23.8 Å². The van der Waals surface area contributed by atoms with Crippen molar-refractivity contribution in [3.8, 4) is 0 Å². The molecule has 0 saturated carbocycles. The second-order valence-electron chi connectivity index (χ2n) is 6.21. The van der Waals surface area contributed by atoms with Crippen LogP contribution >= 0.6 is 7.92 Å². The first-order valence-corrected chi connectivity index (χ1v) is 10.5. The van der Waals surface area contributed by atoms with Crippen LogP contribution in [-0.4, -0.2) is 7.11 Å². The molecule has 28 heavy (non-hydrogen) atoms. The van der Waals surface area contributed by atoms with Crippen LogP contribution in [0.2, 0.25) is 0 Å². The van der Waals surface area contributed by atoms with Crippen LogP contribution in [0.3, 0.4) is 0 Å². The molecule has 0 fully saturated rings. The first-order chi connectivity index (χ1) is 13.3. The maximum atomic E-state index is 5.57. The van der Waals surface area contributed by atoms with Crippen molar-refractivity contribution in [1.82, 2.24) is 0 Å². The van der Waals surface area contributed by atoms with E-state index < -0.39 is 7.92 Å². The summed E-state index contributed by atoms with van der Waals surface area (Å²) in [6, 6.07) is 38.1. The van der Waals surface area contributed by atoms with Gasteiger partial charge in [0.15, 0.2) is 0 Å². The molecule has 3 heteroatoms. The molecule has 0 heterocycles. The summed E-state index contributed by atoms with van der Waals surface area (Å²) in [5.41, 5.74) is 1.29. The molecular weight excluding hydrogens is 403 g/mol. The van der Waals surface area contributed by atoms with Gasteiger partial charge in [-0.2, -0.15) is 6.07 Å². The number of methoxy groups -OCH3 is 1. The predicted octanol–water partition coefficient (Wildman–Crippen LogP) is 5.27. The third-order valence-electron chi connectivity index (χ3n) is 4.44. The molecule has 0 N–H and O–H groups in total. The Labute approximate surface area is 180 Å². The minimum Gasteiger partial charge on any atom is -0.748 e. The van der Waals surface area contributed by atoms with Crippen LogP contribution in [0, 0.1) is 0 Å². The van der Waals surface area contributed by atoms with Crippen molar-refractivity contribution in [1.29, 1.82) is 0 Å². The Bertz CT molecular complexity index is 828. The second kappa shape index (κ2) is 11.8. The van der Waals surface area contributed by atoms with Crippen LogP contribution in [0.1, 0.15) is 18.6 Å². The summed E-state index contributed by atoms with van der Waals surface area (Å²) in [6.07, 6.45) is 0.113. The van der Waals surface area contributed by atoms with Crippen molar-refractivity contribution in [2.45, 2.75) is 13.0 Å². The summed E-state index contributed by atoms with van der Waals surface area (Å²) < 4.78 is 5.57. The monoisotopic (exact) mass is 428 g/mol. The number of hydrogen-bond donors (Lipinski definition) is 0. The average molecular weight is 428 g/mol. The Morgan fingerprint density at radius 3 is 1.64 bits per heavy atom. The van der Waals surface area contributed by atoms with Crippen LogP contribution in [-0.2, 0) is 21.8 Å². The van der Waals surface area contributed by atoms with Gasteiger partial charge in [0.05, 0.1) is 0 Å². The summed E-state index contributed by atoms with van der Waals surface area (Å²) in [4.78, 5) is 0. The largest absolute Gasteiger partial charge is 0.748 e. The van der Waals surface area contributed by atoms with Crippen LogP contribution in [0.15, 0.2) is 109 Å². The normalized spacial score (nSPS) is 11.2. The van der Waals surface area contributed by atoms with E-state index in [1.807, 2.05) is 30.3 Å². The average Bonchev–Trinajstić information content (AvgIpc) is 3.45. The van der Waals surface area contributed by atoms with Crippen molar-refractivity contribution in [3.05, 3.63) is 115 Å². The fraction of sp³-hybridized carbons (Fsp3) is 0.120.